The van der Waals surface area contributed by atoms with Gasteiger partial charge in [-0.1, -0.05) is 17.3 Å². The zero-order chi connectivity index (χ0) is 18.0. The quantitative estimate of drug-likeness (QED) is 0.465. The van der Waals surface area contributed by atoms with E-state index in [9.17, 15) is 19.2 Å². The molecule has 1 aliphatic heterocycles. The SMILES string of the molecule is Cc1cc(NC(=O)COC(=O)CN2C(=O)C3CC=CCC3C2=O)no1. The number of nitrogens with one attached hydrogen (secondary N) is 1. The number of amides is 3. The molecule has 3 rings (SSSR count). The highest BCUT2D eigenvalue weighted by Crippen LogP contribution is 2.34. The van der Waals surface area contributed by atoms with E-state index in [1.54, 1.807) is 6.92 Å². The lowest BCUT2D eigenvalue weighted by Crippen LogP contribution is -2.37. The Balaban J connectivity index is 1.48. The number of esters is 1. The molecule has 1 N–H and O–H groups in total. The second kappa shape index (κ2) is 6.88. The molecule has 9 nitrogen and oxygen atoms in total. The maximum absolute atomic E-state index is 12.2. The third kappa shape index (κ3) is 3.59. The maximum Gasteiger partial charge on any atom is 0.326 e. The summed E-state index contributed by atoms with van der Waals surface area (Å²) in [5, 5.41) is 5.97. The van der Waals surface area contributed by atoms with Crippen LogP contribution in [-0.4, -0.2) is 46.9 Å². The molecule has 1 fully saturated rings. The average molecular weight is 347 g/mol. The largest absolute Gasteiger partial charge is 0.454 e. The van der Waals surface area contributed by atoms with Gasteiger partial charge in [0, 0.05) is 6.07 Å². The maximum atomic E-state index is 12.2. The number of aromatic nitrogens is 1. The third-order valence-corrected chi connectivity index (χ3v) is 4.15. The van der Waals surface area contributed by atoms with Crippen LogP contribution in [0.1, 0.15) is 18.6 Å². The smallest absolute Gasteiger partial charge is 0.326 e. The Morgan fingerprint density at radius 1 is 1.28 bits per heavy atom. The molecule has 2 heterocycles. The van der Waals surface area contributed by atoms with E-state index in [0.29, 0.717) is 18.6 Å². The van der Waals surface area contributed by atoms with Crippen LogP contribution in [0.2, 0.25) is 0 Å². The van der Waals surface area contributed by atoms with Gasteiger partial charge >= 0.3 is 5.97 Å². The van der Waals surface area contributed by atoms with E-state index in [0.717, 1.165) is 4.90 Å². The van der Waals surface area contributed by atoms with E-state index in [1.165, 1.54) is 6.07 Å². The molecule has 25 heavy (non-hydrogen) atoms. The molecular formula is C16H17N3O6. The highest BCUT2D eigenvalue weighted by Gasteiger charge is 2.47. The Morgan fingerprint density at radius 3 is 2.48 bits per heavy atom. The van der Waals surface area contributed by atoms with Crippen LogP contribution in [0.5, 0.6) is 0 Å². The van der Waals surface area contributed by atoms with Crippen molar-refractivity contribution in [3.63, 3.8) is 0 Å². The number of anilines is 1. The van der Waals surface area contributed by atoms with Gasteiger partial charge in [0.25, 0.3) is 5.91 Å². The summed E-state index contributed by atoms with van der Waals surface area (Å²) in [6.07, 6.45) is 4.73. The second-order valence-electron chi connectivity index (χ2n) is 5.95. The lowest BCUT2D eigenvalue weighted by Gasteiger charge is -2.14. The molecular weight excluding hydrogens is 330 g/mol. The molecule has 1 aliphatic carbocycles. The van der Waals surface area contributed by atoms with Crippen LogP contribution in [0.25, 0.3) is 0 Å². The molecule has 2 aliphatic rings. The molecule has 0 aromatic carbocycles. The summed E-state index contributed by atoms with van der Waals surface area (Å²) in [6, 6.07) is 1.51. The molecule has 132 valence electrons. The molecule has 0 bridgehead atoms. The molecule has 0 saturated carbocycles. The molecule has 2 unspecified atom stereocenters. The van der Waals surface area contributed by atoms with Crippen molar-refractivity contribution in [2.45, 2.75) is 19.8 Å². The lowest BCUT2D eigenvalue weighted by molar-refractivity contribution is -0.154. The zero-order valence-corrected chi connectivity index (χ0v) is 13.6. The summed E-state index contributed by atoms with van der Waals surface area (Å²) in [5.74, 6) is -2.21. The van der Waals surface area contributed by atoms with Gasteiger partial charge in [0.2, 0.25) is 11.8 Å². The van der Waals surface area contributed by atoms with Gasteiger partial charge in [-0.05, 0) is 19.8 Å². The number of fused-ring (bicyclic) bond motifs is 1. The molecule has 0 radical (unpaired) electrons. The van der Waals surface area contributed by atoms with Crippen LogP contribution in [0.15, 0.2) is 22.7 Å². The van der Waals surface area contributed by atoms with E-state index in [1.807, 2.05) is 12.2 Å². The summed E-state index contributed by atoms with van der Waals surface area (Å²) in [7, 11) is 0. The number of carbonyl (C=O) groups excluding carboxylic acids is 4. The van der Waals surface area contributed by atoms with Crippen molar-refractivity contribution in [2.24, 2.45) is 11.8 Å². The number of nitrogens with zero attached hydrogens (tertiary/aromatic N) is 2. The molecule has 2 atom stereocenters. The predicted octanol–water partition coefficient (Wildman–Crippen LogP) is 0.416. The van der Waals surface area contributed by atoms with Crippen LogP contribution >= 0.6 is 0 Å². The van der Waals surface area contributed by atoms with Gasteiger partial charge in [-0.2, -0.15) is 0 Å². The van der Waals surface area contributed by atoms with E-state index in [4.69, 9.17) is 9.26 Å². The summed E-state index contributed by atoms with van der Waals surface area (Å²) in [4.78, 5) is 48.9. The molecule has 1 aromatic rings. The standard InChI is InChI=1S/C16H17N3O6/c1-9-6-12(18-25-9)17-13(20)8-24-14(21)7-19-15(22)10-4-2-3-5-11(10)16(19)23/h2-3,6,10-11H,4-5,7-8H2,1H3,(H,17,18,20). The zero-order valence-electron chi connectivity index (χ0n) is 13.6. The first kappa shape index (κ1) is 16.9. The van der Waals surface area contributed by atoms with Gasteiger partial charge in [-0.3, -0.25) is 24.1 Å². The molecule has 0 spiro atoms. The molecule has 9 heteroatoms. The minimum Gasteiger partial charge on any atom is -0.454 e. The Morgan fingerprint density at radius 2 is 1.92 bits per heavy atom. The van der Waals surface area contributed by atoms with Crippen molar-refractivity contribution in [1.82, 2.24) is 10.1 Å². The van der Waals surface area contributed by atoms with Crippen molar-refractivity contribution in [3.8, 4) is 0 Å². The number of ether oxygens (including phenoxy) is 1. The number of imide groups is 1. The number of rotatable bonds is 5. The van der Waals surface area contributed by atoms with Crippen molar-refractivity contribution >= 4 is 29.5 Å². The number of carbonyl (C=O) groups is 4. The van der Waals surface area contributed by atoms with Crippen molar-refractivity contribution in [1.29, 1.82) is 0 Å². The fourth-order valence-electron chi connectivity index (χ4n) is 2.95. The van der Waals surface area contributed by atoms with Gasteiger partial charge in [0.15, 0.2) is 12.4 Å². The van der Waals surface area contributed by atoms with Gasteiger partial charge in [0.1, 0.15) is 12.3 Å². The Hall–Kier alpha value is -2.97. The summed E-state index contributed by atoms with van der Waals surface area (Å²) in [5.41, 5.74) is 0. The highest BCUT2D eigenvalue weighted by molar-refractivity contribution is 6.07. The summed E-state index contributed by atoms with van der Waals surface area (Å²) < 4.78 is 9.61. The molecule has 1 saturated heterocycles. The lowest BCUT2D eigenvalue weighted by atomic mass is 9.85. The number of hydrogen-bond acceptors (Lipinski definition) is 7. The molecule has 1 aromatic heterocycles. The third-order valence-electron chi connectivity index (χ3n) is 4.15. The summed E-state index contributed by atoms with van der Waals surface area (Å²) in [6.45, 7) is 0.635. The topological polar surface area (TPSA) is 119 Å². The van der Waals surface area contributed by atoms with Gasteiger partial charge in [0.05, 0.1) is 11.8 Å². The van der Waals surface area contributed by atoms with Crippen molar-refractivity contribution in [3.05, 3.63) is 24.0 Å². The normalized spacial score (nSPS) is 22.0. The average Bonchev–Trinajstić information content (AvgIpc) is 3.10. The van der Waals surface area contributed by atoms with Crippen LogP contribution in [0, 0.1) is 18.8 Å². The molecule has 3 amide bonds. The van der Waals surface area contributed by atoms with Crippen LogP contribution in [0.3, 0.4) is 0 Å². The number of hydrogen-bond donors (Lipinski definition) is 1. The fraction of sp³-hybridized carbons (Fsp3) is 0.438. The van der Waals surface area contributed by atoms with Gasteiger partial charge in [-0.25, -0.2) is 0 Å². The van der Waals surface area contributed by atoms with Gasteiger partial charge < -0.3 is 14.6 Å². The van der Waals surface area contributed by atoms with E-state index < -0.39 is 36.9 Å². The highest BCUT2D eigenvalue weighted by atomic mass is 16.5. The first-order chi connectivity index (χ1) is 12.0. The van der Waals surface area contributed by atoms with Gasteiger partial charge in [-0.15, -0.1) is 0 Å². The van der Waals surface area contributed by atoms with Crippen molar-refractivity contribution < 1.29 is 28.4 Å². The monoisotopic (exact) mass is 347 g/mol. The van der Waals surface area contributed by atoms with E-state index >= 15 is 0 Å². The fourth-order valence-corrected chi connectivity index (χ4v) is 2.95. The Kier molecular flexibility index (Phi) is 4.64. The van der Waals surface area contributed by atoms with Crippen LogP contribution in [0.4, 0.5) is 5.82 Å². The first-order valence-corrected chi connectivity index (χ1v) is 7.84. The minimum absolute atomic E-state index is 0.208. The Labute approximate surface area is 143 Å². The number of allylic oxidation sites excluding steroid dienone is 2. The van der Waals surface area contributed by atoms with E-state index in [2.05, 4.69) is 10.5 Å². The second-order valence-corrected chi connectivity index (χ2v) is 5.95. The Bertz CT molecular complexity index is 727. The van der Waals surface area contributed by atoms with Crippen LogP contribution < -0.4 is 5.32 Å². The predicted molar refractivity (Wildman–Crippen MR) is 82.9 cm³/mol. The summed E-state index contributed by atoms with van der Waals surface area (Å²) >= 11 is 0. The number of aryl methyl sites for hydroxylation is 1. The first-order valence-electron chi connectivity index (χ1n) is 7.84. The minimum atomic E-state index is -0.820. The van der Waals surface area contributed by atoms with Crippen LogP contribution in [-0.2, 0) is 23.9 Å². The van der Waals surface area contributed by atoms with E-state index in [-0.39, 0.29) is 17.6 Å². The number of likely N-dealkylation sites (tertiary alicyclic amines) is 1. The van der Waals surface area contributed by atoms with Crippen molar-refractivity contribution in [2.75, 3.05) is 18.5 Å².